The van der Waals surface area contributed by atoms with Crippen LogP contribution in [0, 0.1) is 24.0 Å². The molecule has 30 heavy (non-hydrogen) atoms. The molecule has 0 aliphatic carbocycles. The summed E-state index contributed by atoms with van der Waals surface area (Å²) in [5.41, 5.74) is 2.25. The first-order valence-electron chi connectivity index (χ1n) is 9.55. The first-order valence-corrected chi connectivity index (χ1v) is 9.55. The number of nitro groups is 1. The average molecular weight is 412 g/mol. The van der Waals surface area contributed by atoms with Crippen LogP contribution in [-0.4, -0.2) is 30.4 Å². The summed E-state index contributed by atoms with van der Waals surface area (Å²) in [6.07, 6.45) is 4.12. The second-order valence-electron chi connectivity index (χ2n) is 6.93. The van der Waals surface area contributed by atoms with E-state index in [1.165, 1.54) is 16.4 Å². The van der Waals surface area contributed by atoms with E-state index < -0.39 is 11.0 Å². The molecular formula is C20H24N6O4. The van der Waals surface area contributed by atoms with Crippen LogP contribution < -0.4 is 10.1 Å². The van der Waals surface area contributed by atoms with E-state index in [1.54, 1.807) is 31.6 Å². The van der Waals surface area contributed by atoms with Crippen LogP contribution in [0.4, 0.5) is 11.4 Å². The Morgan fingerprint density at radius 1 is 1.30 bits per heavy atom. The van der Waals surface area contributed by atoms with Gasteiger partial charge in [0, 0.05) is 0 Å². The molecule has 0 spiro atoms. The molecule has 1 atom stereocenters. The summed E-state index contributed by atoms with van der Waals surface area (Å²) in [6.45, 7) is 7.04. The van der Waals surface area contributed by atoms with Crippen molar-refractivity contribution in [3.8, 4) is 5.75 Å². The van der Waals surface area contributed by atoms with Crippen molar-refractivity contribution in [3.63, 3.8) is 0 Å². The highest BCUT2D eigenvalue weighted by Gasteiger charge is 2.27. The predicted molar refractivity (Wildman–Crippen MR) is 110 cm³/mol. The van der Waals surface area contributed by atoms with Gasteiger partial charge in [-0.05, 0) is 44.9 Å². The molecule has 2 heterocycles. The summed E-state index contributed by atoms with van der Waals surface area (Å²) in [5, 5.41) is 22.2. The molecule has 2 aromatic heterocycles. The van der Waals surface area contributed by atoms with E-state index in [-0.39, 0.29) is 24.0 Å². The van der Waals surface area contributed by atoms with Crippen molar-refractivity contribution in [2.75, 3.05) is 5.32 Å². The normalized spacial score (nSPS) is 11.9. The number of anilines is 1. The van der Waals surface area contributed by atoms with E-state index in [2.05, 4.69) is 22.4 Å². The molecule has 0 fully saturated rings. The second kappa shape index (κ2) is 8.76. The number of aromatic nitrogens is 4. The lowest BCUT2D eigenvalue weighted by Gasteiger charge is -2.13. The summed E-state index contributed by atoms with van der Waals surface area (Å²) in [6, 6.07) is 7.10. The van der Waals surface area contributed by atoms with Gasteiger partial charge in [0.2, 0.25) is 5.91 Å². The standard InChI is InChI=1S/C20H24N6O4/c1-5-16-6-8-18(9-7-16)30-12-24-11-17(10-21-24)22-20(27)15(4)25-14(3)19(26(28)29)13(2)23-25/h6-11,15H,5,12H2,1-4H3,(H,22,27). The maximum absolute atomic E-state index is 12.6. The third-order valence-electron chi connectivity index (χ3n) is 4.81. The van der Waals surface area contributed by atoms with E-state index in [1.807, 2.05) is 24.3 Å². The molecule has 0 aliphatic rings. The van der Waals surface area contributed by atoms with Crippen molar-refractivity contribution in [1.82, 2.24) is 19.6 Å². The molecule has 10 heteroatoms. The number of benzene rings is 1. The Labute approximate surface area is 173 Å². The Bertz CT molecular complexity index is 1050. The molecule has 10 nitrogen and oxygen atoms in total. The Kier molecular flexibility index (Phi) is 6.14. The maximum Gasteiger partial charge on any atom is 0.312 e. The van der Waals surface area contributed by atoms with Gasteiger partial charge in [0.15, 0.2) is 6.73 Å². The van der Waals surface area contributed by atoms with Crippen LogP contribution in [0.1, 0.15) is 36.8 Å². The number of rotatable bonds is 8. The zero-order chi connectivity index (χ0) is 21.8. The van der Waals surface area contributed by atoms with E-state index in [0.717, 1.165) is 12.2 Å². The predicted octanol–water partition coefficient (Wildman–Crippen LogP) is 3.40. The van der Waals surface area contributed by atoms with Crippen LogP contribution in [-0.2, 0) is 17.9 Å². The molecule has 1 amide bonds. The van der Waals surface area contributed by atoms with Gasteiger partial charge in [-0.2, -0.15) is 10.2 Å². The van der Waals surface area contributed by atoms with Gasteiger partial charge in [0.05, 0.1) is 23.0 Å². The van der Waals surface area contributed by atoms with Crippen molar-refractivity contribution in [1.29, 1.82) is 0 Å². The number of ether oxygens (including phenoxy) is 1. The molecule has 3 aromatic rings. The van der Waals surface area contributed by atoms with Crippen molar-refractivity contribution in [2.45, 2.75) is 46.9 Å². The van der Waals surface area contributed by atoms with Gasteiger partial charge in [0.25, 0.3) is 0 Å². The molecule has 0 radical (unpaired) electrons. The number of carbonyl (C=O) groups is 1. The zero-order valence-corrected chi connectivity index (χ0v) is 17.3. The van der Waals surface area contributed by atoms with Gasteiger partial charge < -0.3 is 10.1 Å². The van der Waals surface area contributed by atoms with Gasteiger partial charge in [-0.25, -0.2) is 4.68 Å². The van der Waals surface area contributed by atoms with Crippen LogP contribution in [0.15, 0.2) is 36.7 Å². The fraction of sp³-hybridized carbons (Fsp3) is 0.350. The molecule has 3 rings (SSSR count). The first kappa shape index (κ1) is 21.0. The number of nitrogens with one attached hydrogen (secondary N) is 1. The quantitative estimate of drug-likeness (QED) is 0.448. The lowest BCUT2D eigenvalue weighted by molar-refractivity contribution is -0.386. The van der Waals surface area contributed by atoms with Gasteiger partial charge in [-0.1, -0.05) is 19.1 Å². The van der Waals surface area contributed by atoms with Crippen LogP contribution in [0.3, 0.4) is 0 Å². The largest absolute Gasteiger partial charge is 0.471 e. The van der Waals surface area contributed by atoms with Gasteiger partial charge in [-0.3, -0.25) is 19.6 Å². The SMILES string of the molecule is CCc1ccc(OCn2cc(NC(=O)C(C)n3nc(C)c([N+](=O)[O-])c3C)cn2)cc1. The number of amides is 1. The molecule has 0 saturated carbocycles. The first-order chi connectivity index (χ1) is 14.3. The van der Waals surface area contributed by atoms with Crippen molar-refractivity contribution < 1.29 is 14.5 Å². The van der Waals surface area contributed by atoms with Crippen molar-refractivity contribution in [2.24, 2.45) is 0 Å². The highest BCUT2D eigenvalue weighted by Crippen LogP contribution is 2.25. The third kappa shape index (κ3) is 4.48. The molecule has 0 bridgehead atoms. The molecule has 0 aliphatic heterocycles. The highest BCUT2D eigenvalue weighted by atomic mass is 16.6. The van der Waals surface area contributed by atoms with Crippen LogP contribution in [0.25, 0.3) is 0 Å². The Morgan fingerprint density at radius 2 is 2.00 bits per heavy atom. The number of aryl methyl sites for hydroxylation is 2. The molecule has 158 valence electrons. The monoisotopic (exact) mass is 412 g/mol. The molecule has 0 saturated heterocycles. The Morgan fingerprint density at radius 3 is 2.60 bits per heavy atom. The second-order valence-corrected chi connectivity index (χ2v) is 6.93. The Balaban J connectivity index is 1.61. The third-order valence-corrected chi connectivity index (χ3v) is 4.81. The van der Waals surface area contributed by atoms with Crippen LogP contribution in [0.2, 0.25) is 0 Å². The molecule has 1 N–H and O–H groups in total. The van der Waals surface area contributed by atoms with Gasteiger partial charge >= 0.3 is 5.69 Å². The maximum atomic E-state index is 12.6. The summed E-state index contributed by atoms with van der Waals surface area (Å²) in [4.78, 5) is 23.3. The smallest absolute Gasteiger partial charge is 0.312 e. The number of carbonyl (C=O) groups excluding carboxylic acids is 1. The minimum Gasteiger partial charge on any atom is -0.471 e. The molecular weight excluding hydrogens is 388 g/mol. The van der Waals surface area contributed by atoms with E-state index in [0.29, 0.717) is 11.4 Å². The van der Waals surface area contributed by atoms with Crippen LogP contribution >= 0.6 is 0 Å². The summed E-state index contributed by atoms with van der Waals surface area (Å²) in [5.74, 6) is 0.374. The van der Waals surface area contributed by atoms with E-state index in [4.69, 9.17) is 4.74 Å². The van der Waals surface area contributed by atoms with E-state index >= 15 is 0 Å². The topological polar surface area (TPSA) is 117 Å². The summed E-state index contributed by atoms with van der Waals surface area (Å²) in [7, 11) is 0. The lowest BCUT2D eigenvalue weighted by Crippen LogP contribution is -2.25. The fourth-order valence-electron chi connectivity index (χ4n) is 3.11. The fourth-order valence-corrected chi connectivity index (χ4v) is 3.11. The van der Waals surface area contributed by atoms with Gasteiger partial charge in [-0.15, -0.1) is 0 Å². The summed E-state index contributed by atoms with van der Waals surface area (Å²) < 4.78 is 8.61. The minimum atomic E-state index is -0.728. The van der Waals surface area contributed by atoms with Gasteiger partial charge in [0.1, 0.15) is 23.2 Å². The van der Waals surface area contributed by atoms with Crippen molar-refractivity contribution in [3.05, 3.63) is 63.7 Å². The minimum absolute atomic E-state index is 0.0772. The lowest BCUT2D eigenvalue weighted by atomic mass is 10.2. The molecule has 1 unspecified atom stereocenters. The highest BCUT2D eigenvalue weighted by molar-refractivity contribution is 5.93. The average Bonchev–Trinajstić information content (AvgIpc) is 3.29. The van der Waals surface area contributed by atoms with E-state index in [9.17, 15) is 14.9 Å². The number of nitrogens with zero attached hydrogens (tertiary/aromatic N) is 5. The Hall–Kier alpha value is -3.69. The number of hydrogen-bond acceptors (Lipinski definition) is 6. The van der Waals surface area contributed by atoms with Crippen molar-refractivity contribution >= 4 is 17.3 Å². The van der Waals surface area contributed by atoms with Crippen LogP contribution in [0.5, 0.6) is 5.75 Å². The zero-order valence-electron chi connectivity index (χ0n) is 17.3. The molecule has 1 aromatic carbocycles. The summed E-state index contributed by atoms with van der Waals surface area (Å²) >= 11 is 0. The number of hydrogen-bond donors (Lipinski definition) is 1.